The second-order valence-corrected chi connectivity index (χ2v) is 5.12. The lowest BCUT2D eigenvalue weighted by Gasteiger charge is -2.31. The standard InChI is InChI=1S/C14H20N2O4/c1-16(19,14(17)18)9-6-12-2-4-13(5-3-12)15-7-10-20-11-8-15/h2-5H,6-11H2,1H3,(H,17,18). The normalized spacial score (nSPS) is 18.6. The van der Waals surface area contributed by atoms with Crippen molar-refractivity contribution < 1.29 is 19.3 Å². The lowest BCUT2D eigenvalue weighted by atomic mass is 10.1. The summed E-state index contributed by atoms with van der Waals surface area (Å²) in [6, 6.07) is 7.92. The molecule has 1 heterocycles. The van der Waals surface area contributed by atoms with Crippen LogP contribution in [0.4, 0.5) is 10.5 Å². The number of hydrogen-bond donors (Lipinski definition) is 1. The summed E-state index contributed by atoms with van der Waals surface area (Å²) in [4.78, 5) is 13.0. The number of nitrogens with zero attached hydrogens (tertiary/aromatic N) is 2. The van der Waals surface area contributed by atoms with Crippen molar-refractivity contribution in [3.05, 3.63) is 35.0 Å². The predicted octanol–water partition coefficient (Wildman–Crippen LogP) is 1.69. The van der Waals surface area contributed by atoms with Crippen LogP contribution in [-0.2, 0) is 11.2 Å². The molecule has 0 radical (unpaired) electrons. The number of hydroxylamine groups is 3. The monoisotopic (exact) mass is 280 g/mol. The highest BCUT2D eigenvalue weighted by Gasteiger charge is 2.20. The van der Waals surface area contributed by atoms with Gasteiger partial charge in [0.1, 0.15) is 0 Å². The molecule has 1 N–H and O–H groups in total. The molecule has 1 unspecified atom stereocenters. The molecule has 0 aromatic heterocycles. The van der Waals surface area contributed by atoms with E-state index in [1.165, 1.54) is 0 Å². The van der Waals surface area contributed by atoms with Crippen LogP contribution in [0, 0.1) is 5.21 Å². The third kappa shape index (κ3) is 3.69. The van der Waals surface area contributed by atoms with Crippen LogP contribution in [0.3, 0.4) is 0 Å². The van der Waals surface area contributed by atoms with Crippen LogP contribution in [0.5, 0.6) is 0 Å². The van der Waals surface area contributed by atoms with Gasteiger partial charge in [0.2, 0.25) is 0 Å². The Morgan fingerprint density at radius 1 is 1.35 bits per heavy atom. The van der Waals surface area contributed by atoms with Gasteiger partial charge in [-0.05, 0) is 17.7 Å². The minimum Gasteiger partial charge on any atom is -0.623 e. The van der Waals surface area contributed by atoms with E-state index < -0.39 is 10.7 Å². The molecule has 6 heteroatoms. The van der Waals surface area contributed by atoms with E-state index in [9.17, 15) is 10.0 Å². The highest BCUT2D eigenvalue weighted by Crippen LogP contribution is 2.17. The number of anilines is 1. The Kier molecular flexibility index (Phi) is 4.59. The van der Waals surface area contributed by atoms with Gasteiger partial charge in [-0.25, -0.2) is 0 Å². The number of ether oxygens (including phenoxy) is 1. The number of rotatable bonds is 4. The van der Waals surface area contributed by atoms with Crippen molar-refractivity contribution in [2.24, 2.45) is 0 Å². The molecule has 6 nitrogen and oxygen atoms in total. The minimum absolute atomic E-state index is 0.0340. The molecule has 0 bridgehead atoms. The molecule has 2 rings (SSSR count). The van der Waals surface area contributed by atoms with Crippen molar-refractivity contribution >= 4 is 11.8 Å². The maximum Gasteiger partial charge on any atom is 0.513 e. The largest absolute Gasteiger partial charge is 0.623 e. The average Bonchev–Trinajstić information content (AvgIpc) is 2.46. The van der Waals surface area contributed by atoms with Crippen LogP contribution in [0.2, 0.25) is 0 Å². The van der Waals surface area contributed by atoms with Gasteiger partial charge in [-0.1, -0.05) is 12.1 Å². The molecule has 1 aromatic carbocycles. The van der Waals surface area contributed by atoms with Crippen molar-refractivity contribution in [2.45, 2.75) is 6.42 Å². The van der Waals surface area contributed by atoms with Gasteiger partial charge in [0, 0.05) is 25.2 Å². The second kappa shape index (κ2) is 6.21. The van der Waals surface area contributed by atoms with Crippen molar-refractivity contribution in [3.8, 4) is 0 Å². The van der Waals surface area contributed by atoms with Crippen LogP contribution >= 0.6 is 0 Å². The summed E-state index contributed by atoms with van der Waals surface area (Å²) in [7, 11) is 1.16. The van der Waals surface area contributed by atoms with E-state index in [-0.39, 0.29) is 6.54 Å². The Labute approximate surface area is 118 Å². The number of amides is 1. The van der Waals surface area contributed by atoms with Crippen LogP contribution in [-0.4, -0.2) is 55.7 Å². The summed E-state index contributed by atoms with van der Waals surface area (Å²) in [6.45, 7) is 3.28. The van der Waals surface area contributed by atoms with Crippen molar-refractivity contribution in [1.29, 1.82) is 0 Å². The van der Waals surface area contributed by atoms with E-state index >= 15 is 0 Å². The van der Waals surface area contributed by atoms with Crippen LogP contribution < -0.4 is 4.90 Å². The number of carboxylic acid groups (broad SMARTS) is 1. The van der Waals surface area contributed by atoms with Gasteiger partial charge in [-0.15, -0.1) is 0 Å². The molecule has 1 fully saturated rings. The van der Waals surface area contributed by atoms with Crippen LogP contribution in [0.25, 0.3) is 0 Å². The fraction of sp³-hybridized carbons (Fsp3) is 0.500. The first-order chi connectivity index (χ1) is 9.49. The Bertz CT molecular complexity index is 453. The quantitative estimate of drug-likeness (QED) is 0.671. The van der Waals surface area contributed by atoms with E-state index in [0.717, 1.165) is 44.6 Å². The fourth-order valence-electron chi connectivity index (χ4n) is 2.13. The van der Waals surface area contributed by atoms with Crippen molar-refractivity contribution in [3.63, 3.8) is 0 Å². The van der Waals surface area contributed by atoms with Gasteiger partial charge >= 0.3 is 6.09 Å². The SMILES string of the molecule is C[N+]([O-])(CCc1ccc(N2CCOCC2)cc1)C(=O)O. The number of hydrogen-bond acceptors (Lipinski definition) is 4. The Hall–Kier alpha value is -1.63. The van der Waals surface area contributed by atoms with Gasteiger partial charge in [0.15, 0.2) is 0 Å². The zero-order chi connectivity index (χ0) is 14.6. The summed E-state index contributed by atoms with van der Waals surface area (Å²) >= 11 is 0. The summed E-state index contributed by atoms with van der Waals surface area (Å²) in [5.41, 5.74) is 2.11. The third-order valence-corrected chi connectivity index (χ3v) is 3.54. The number of quaternary nitrogens is 1. The second-order valence-electron chi connectivity index (χ2n) is 5.12. The lowest BCUT2D eigenvalue weighted by Crippen LogP contribution is -2.44. The van der Waals surface area contributed by atoms with Gasteiger partial charge in [0.05, 0.1) is 26.8 Å². The van der Waals surface area contributed by atoms with Crippen molar-refractivity contribution in [2.75, 3.05) is 44.8 Å². The summed E-state index contributed by atoms with van der Waals surface area (Å²) < 4.78 is 4.05. The van der Waals surface area contributed by atoms with Gasteiger partial charge in [0.25, 0.3) is 0 Å². The molecule has 1 aliphatic rings. The molecule has 0 spiro atoms. The predicted molar refractivity (Wildman–Crippen MR) is 75.6 cm³/mol. The molecule has 1 atom stereocenters. The molecular weight excluding hydrogens is 260 g/mol. The molecule has 0 aliphatic carbocycles. The number of morpholine rings is 1. The minimum atomic E-state index is -1.35. The van der Waals surface area contributed by atoms with E-state index in [0.29, 0.717) is 6.42 Å². The molecule has 20 heavy (non-hydrogen) atoms. The highest BCUT2D eigenvalue weighted by molar-refractivity contribution is 5.56. The topological polar surface area (TPSA) is 72.8 Å². The number of benzene rings is 1. The van der Waals surface area contributed by atoms with E-state index in [2.05, 4.69) is 4.90 Å². The smallest absolute Gasteiger partial charge is 0.513 e. The van der Waals surface area contributed by atoms with Crippen molar-refractivity contribution in [1.82, 2.24) is 0 Å². The Morgan fingerprint density at radius 3 is 2.50 bits per heavy atom. The number of likely N-dealkylation sites (N-methyl/N-ethyl adjacent to an activating group) is 1. The number of carbonyl (C=O) groups is 1. The van der Waals surface area contributed by atoms with Gasteiger partial charge in [-0.3, -0.25) is 4.65 Å². The fourth-order valence-corrected chi connectivity index (χ4v) is 2.13. The van der Waals surface area contributed by atoms with Gasteiger partial charge < -0.3 is 20.0 Å². The van der Waals surface area contributed by atoms with Crippen LogP contribution in [0.15, 0.2) is 24.3 Å². The zero-order valence-electron chi connectivity index (χ0n) is 11.6. The lowest BCUT2D eigenvalue weighted by molar-refractivity contribution is -0.785. The zero-order valence-corrected chi connectivity index (χ0v) is 11.6. The first kappa shape index (κ1) is 14.8. The van der Waals surface area contributed by atoms with E-state index in [4.69, 9.17) is 9.84 Å². The van der Waals surface area contributed by atoms with Crippen LogP contribution in [0.1, 0.15) is 5.56 Å². The van der Waals surface area contributed by atoms with Gasteiger partial charge in [-0.2, -0.15) is 4.79 Å². The molecule has 0 saturated carbocycles. The molecular formula is C14H20N2O4. The summed E-state index contributed by atoms with van der Waals surface area (Å²) in [6.07, 6.45) is -0.898. The Morgan fingerprint density at radius 2 is 1.95 bits per heavy atom. The molecule has 1 aliphatic heterocycles. The summed E-state index contributed by atoms with van der Waals surface area (Å²) in [5, 5.41) is 20.4. The van der Waals surface area contributed by atoms with E-state index in [1.54, 1.807) is 0 Å². The van der Waals surface area contributed by atoms with E-state index in [1.807, 2.05) is 24.3 Å². The molecule has 1 amide bonds. The summed E-state index contributed by atoms with van der Waals surface area (Å²) in [5.74, 6) is 0. The maximum atomic E-state index is 11.6. The third-order valence-electron chi connectivity index (χ3n) is 3.54. The molecule has 110 valence electrons. The maximum absolute atomic E-state index is 11.6. The first-order valence-corrected chi connectivity index (χ1v) is 6.71. The molecule has 1 aromatic rings. The molecule has 1 saturated heterocycles. The Balaban J connectivity index is 1.93. The average molecular weight is 280 g/mol. The highest BCUT2D eigenvalue weighted by atomic mass is 16.6. The first-order valence-electron chi connectivity index (χ1n) is 6.71.